The van der Waals surface area contributed by atoms with Crippen LogP contribution in [0.5, 0.6) is 0 Å². The SMILES string of the molecule is CNC(Cc1ccc(Cl)c(F)c1)CC(F)(F)F. The quantitative estimate of drug-likeness (QED) is 0.824. The van der Waals surface area contributed by atoms with Gasteiger partial charge in [0.15, 0.2) is 0 Å². The van der Waals surface area contributed by atoms with E-state index in [0.717, 1.165) is 6.07 Å². The summed E-state index contributed by atoms with van der Waals surface area (Å²) in [5.74, 6) is -0.619. The summed E-state index contributed by atoms with van der Waals surface area (Å²) < 4.78 is 49.7. The number of hydrogen-bond donors (Lipinski definition) is 1. The van der Waals surface area contributed by atoms with Gasteiger partial charge in [0.1, 0.15) is 5.82 Å². The van der Waals surface area contributed by atoms with E-state index in [0.29, 0.717) is 5.56 Å². The highest BCUT2D eigenvalue weighted by molar-refractivity contribution is 6.30. The zero-order valence-electron chi connectivity index (χ0n) is 9.11. The lowest BCUT2D eigenvalue weighted by Gasteiger charge is -2.18. The van der Waals surface area contributed by atoms with Gasteiger partial charge in [-0.25, -0.2) is 4.39 Å². The predicted molar refractivity (Wildman–Crippen MR) is 58.6 cm³/mol. The molecule has 1 unspecified atom stereocenters. The highest BCUT2D eigenvalue weighted by atomic mass is 35.5. The second-order valence-electron chi connectivity index (χ2n) is 3.76. The Morgan fingerprint density at radius 1 is 1.35 bits per heavy atom. The summed E-state index contributed by atoms with van der Waals surface area (Å²) in [4.78, 5) is 0. The Morgan fingerprint density at radius 2 is 2.00 bits per heavy atom. The van der Waals surface area contributed by atoms with Crippen LogP contribution in [0.15, 0.2) is 18.2 Å². The average Bonchev–Trinajstić information content (AvgIpc) is 2.20. The first kappa shape index (κ1) is 14.3. The number of alkyl halides is 3. The van der Waals surface area contributed by atoms with Crippen LogP contribution < -0.4 is 5.32 Å². The summed E-state index contributed by atoms with van der Waals surface area (Å²) in [5, 5.41) is 2.53. The van der Waals surface area contributed by atoms with E-state index in [1.54, 1.807) is 0 Å². The number of rotatable bonds is 4. The van der Waals surface area contributed by atoms with Crippen LogP contribution >= 0.6 is 11.6 Å². The molecular weight excluding hydrogens is 258 g/mol. The Hall–Kier alpha value is -0.810. The van der Waals surface area contributed by atoms with Crippen molar-refractivity contribution in [1.29, 1.82) is 0 Å². The number of likely N-dealkylation sites (N-methyl/N-ethyl adjacent to an activating group) is 1. The molecule has 1 aromatic rings. The molecule has 0 amide bonds. The van der Waals surface area contributed by atoms with Gasteiger partial charge in [-0.3, -0.25) is 0 Å². The van der Waals surface area contributed by atoms with E-state index in [1.165, 1.54) is 19.2 Å². The third-order valence-corrected chi connectivity index (χ3v) is 2.66. The first-order valence-electron chi connectivity index (χ1n) is 5.00. The van der Waals surface area contributed by atoms with Gasteiger partial charge < -0.3 is 5.32 Å². The van der Waals surface area contributed by atoms with Gasteiger partial charge in [0, 0.05) is 6.04 Å². The molecule has 96 valence electrons. The standard InChI is InChI=1S/C11H12ClF4N/c1-17-8(6-11(14,15)16)4-7-2-3-9(12)10(13)5-7/h2-3,5,8,17H,4,6H2,1H3. The van der Waals surface area contributed by atoms with Crippen molar-refractivity contribution < 1.29 is 17.6 Å². The molecule has 1 N–H and O–H groups in total. The zero-order valence-corrected chi connectivity index (χ0v) is 9.87. The summed E-state index contributed by atoms with van der Waals surface area (Å²) in [6, 6.07) is 3.25. The molecule has 1 atom stereocenters. The van der Waals surface area contributed by atoms with Gasteiger partial charge in [0.05, 0.1) is 11.4 Å². The molecule has 1 aromatic carbocycles. The Kier molecular flexibility index (Phi) is 4.77. The summed E-state index contributed by atoms with van der Waals surface area (Å²) in [6.45, 7) is 0. The van der Waals surface area contributed by atoms with Gasteiger partial charge in [-0.05, 0) is 31.2 Å². The molecule has 17 heavy (non-hydrogen) atoms. The molecule has 1 nitrogen and oxygen atoms in total. The lowest BCUT2D eigenvalue weighted by atomic mass is 10.0. The highest BCUT2D eigenvalue weighted by Gasteiger charge is 2.31. The van der Waals surface area contributed by atoms with E-state index < -0.39 is 24.5 Å². The maximum Gasteiger partial charge on any atom is 0.390 e. The lowest BCUT2D eigenvalue weighted by molar-refractivity contribution is -0.139. The molecule has 0 fully saturated rings. The van der Waals surface area contributed by atoms with E-state index in [2.05, 4.69) is 5.32 Å². The predicted octanol–water partition coefficient (Wildman–Crippen LogP) is 3.56. The van der Waals surface area contributed by atoms with E-state index in [-0.39, 0.29) is 11.4 Å². The van der Waals surface area contributed by atoms with Crippen LogP contribution in [-0.4, -0.2) is 19.3 Å². The Balaban J connectivity index is 2.70. The summed E-state index contributed by atoms with van der Waals surface area (Å²) in [7, 11) is 1.45. The van der Waals surface area contributed by atoms with Gasteiger partial charge >= 0.3 is 6.18 Å². The molecule has 0 aliphatic heterocycles. The molecule has 6 heteroatoms. The van der Waals surface area contributed by atoms with Crippen molar-refractivity contribution >= 4 is 11.6 Å². The molecule has 0 heterocycles. The normalized spacial score (nSPS) is 13.8. The first-order valence-corrected chi connectivity index (χ1v) is 5.37. The largest absolute Gasteiger partial charge is 0.390 e. The van der Waals surface area contributed by atoms with Crippen LogP contribution in [0.25, 0.3) is 0 Å². The van der Waals surface area contributed by atoms with Crippen molar-refractivity contribution in [2.75, 3.05) is 7.05 Å². The van der Waals surface area contributed by atoms with Gasteiger partial charge in [0.25, 0.3) is 0 Å². The number of nitrogens with one attached hydrogen (secondary N) is 1. The fraction of sp³-hybridized carbons (Fsp3) is 0.455. The molecule has 0 aliphatic rings. The maximum atomic E-state index is 13.1. The molecule has 1 rings (SSSR count). The lowest BCUT2D eigenvalue weighted by Crippen LogP contribution is -2.32. The van der Waals surface area contributed by atoms with E-state index in [4.69, 9.17) is 11.6 Å². The molecule has 0 aliphatic carbocycles. The second kappa shape index (κ2) is 5.69. The Morgan fingerprint density at radius 3 is 2.47 bits per heavy atom. The van der Waals surface area contributed by atoms with Crippen LogP contribution in [-0.2, 0) is 6.42 Å². The minimum atomic E-state index is -4.24. The van der Waals surface area contributed by atoms with Gasteiger partial charge in [-0.1, -0.05) is 17.7 Å². The minimum absolute atomic E-state index is 0.0365. The summed E-state index contributed by atoms with van der Waals surface area (Å²) >= 11 is 5.49. The molecule has 0 radical (unpaired) electrons. The fourth-order valence-corrected chi connectivity index (χ4v) is 1.62. The molecular formula is C11H12ClF4N. The highest BCUT2D eigenvalue weighted by Crippen LogP contribution is 2.24. The average molecular weight is 270 g/mol. The fourth-order valence-electron chi connectivity index (χ4n) is 1.51. The molecule has 0 bridgehead atoms. The van der Waals surface area contributed by atoms with Crippen molar-refractivity contribution in [1.82, 2.24) is 5.32 Å². The smallest absolute Gasteiger partial charge is 0.316 e. The minimum Gasteiger partial charge on any atom is -0.316 e. The third-order valence-electron chi connectivity index (χ3n) is 2.35. The van der Waals surface area contributed by atoms with Crippen molar-refractivity contribution in [3.8, 4) is 0 Å². The van der Waals surface area contributed by atoms with Crippen LogP contribution in [0.4, 0.5) is 17.6 Å². The monoisotopic (exact) mass is 269 g/mol. The molecule has 0 saturated carbocycles. The van der Waals surface area contributed by atoms with Gasteiger partial charge in [-0.15, -0.1) is 0 Å². The van der Waals surface area contributed by atoms with Gasteiger partial charge in [0.2, 0.25) is 0 Å². The molecule has 0 aromatic heterocycles. The molecule has 0 saturated heterocycles. The van der Waals surface area contributed by atoms with Crippen molar-refractivity contribution in [2.45, 2.75) is 25.1 Å². The van der Waals surface area contributed by atoms with Crippen LogP contribution in [0, 0.1) is 5.82 Å². The number of benzene rings is 1. The van der Waals surface area contributed by atoms with E-state index in [1.807, 2.05) is 0 Å². The first-order chi connectivity index (χ1) is 7.81. The van der Waals surface area contributed by atoms with Crippen molar-refractivity contribution in [2.24, 2.45) is 0 Å². The molecule has 0 spiro atoms. The van der Waals surface area contributed by atoms with Crippen LogP contribution in [0.2, 0.25) is 5.02 Å². The summed E-state index contributed by atoms with van der Waals surface area (Å²) in [5.41, 5.74) is 0.482. The Bertz CT molecular complexity index is 378. The second-order valence-corrected chi connectivity index (χ2v) is 4.16. The van der Waals surface area contributed by atoms with Crippen LogP contribution in [0.1, 0.15) is 12.0 Å². The zero-order chi connectivity index (χ0) is 13.1. The van der Waals surface area contributed by atoms with Crippen LogP contribution in [0.3, 0.4) is 0 Å². The van der Waals surface area contributed by atoms with Crippen molar-refractivity contribution in [3.63, 3.8) is 0 Å². The number of hydrogen-bond acceptors (Lipinski definition) is 1. The number of halogens is 5. The summed E-state index contributed by atoms with van der Waals surface area (Å²) in [6.07, 6.45) is -5.09. The third kappa shape index (κ3) is 4.91. The Labute approximate surface area is 102 Å². The van der Waals surface area contributed by atoms with E-state index in [9.17, 15) is 17.6 Å². The van der Waals surface area contributed by atoms with Gasteiger partial charge in [-0.2, -0.15) is 13.2 Å². The topological polar surface area (TPSA) is 12.0 Å². The van der Waals surface area contributed by atoms with E-state index >= 15 is 0 Å². The van der Waals surface area contributed by atoms with Crippen molar-refractivity contribution in [3.05, 3.63) is 34.6 Å². The maximum absolute atomic E-state index is 13.1.